The van der Waals surface area contributed by atoms with Crippen LogP contribution in [0.2, 0.25) is 0 Å². The van der Waals surface area contributed by atoms with Gasteiger partial charge in [-0.2, -0.15) is 13.2 Å². The number of aliphatic hydroxyl groups excluding tert-OH is 1. The van der Waals surface area contributed by atoms with E-state index in [1.807, 2.05) is 0 Å². The molecule has 0 atom stereocenters. The summed E-state index contributed by atoms with van der Waals surface area (Å²) in [6, 6.07) is 3.04. The van der Waals surface area contributed by atoms with Crippen molar-refractivity contribution in [1.29, 1.82) is 0 Å². The Bertz CT molecular complexity index is 615. The van der Waals surface area contributed by atoms with Crippen LogP contribution in [0.1, 0.15) is 17.5 Å². The van der Waals surface area contributed by atoms with Gasteiger partial charge in [-0.25, -0.2) is 8.42 Å². The van der Waals surface area contributed by atoms with Crippen molar-refractivity contribution in [3.8, 4) is 0 Å². The standard InChI is InChI=1S/C11H9F3O3S/c12-11(13,14)9-2-1-3-10-8(9)6-7(4-5-15)18(10,16)17/h1-3,6,15H,4-5H2. The lowest BCUT2D eigenvalue weighted by molar-refractivity contribution is -0.137. The molecule has 1 aromatic carbocycles. The van der Waals surface area contributed by atoms with Crippen molar-refractivity contribution in [2.75, 3.05) is 6.61 Å². The van der Waals surface area contributed by atoms with E-state index in [9.17, 15) is 21.6 Å². The second kappa shape index (κ2) is 4.10. The summed E-state index contributed by atoms with van der Waals surface area (Å²) in [5.74, 6) is 0. The first-order valence-electron chi connectivity index (χ1n) is 5.05. The van der Waals surface area contributed by atoms with E-state index in [1.54, 1.807) is 0 Å². The molecular weight excluding hydrogens is 269 g/mol. The Morgan fingerprint density at radius 3 is 2.44 bits per heavy atom. The number of hydrogen-bond donors (Lipinski definition) is 1. The van der Waals surface area contributed by atoms with Crippen LogP contribution in [0, 0.1) is 0 Å². The maximum Gasteiger partial charge on any atom is 0.417 e. The van der Waals surface area contributed by atoms with Gasteiger partial charge in [0.25, 0.3) is 0 Å². The molecule has 3 nitrogen and oxygen atoms in total. The molecule has 0 unspecified atom stereocenters. The van der Waals surface area contributed by atoms with E-state index >= 15 is 0 Å². The number of benzene rings is 1. The first kappa shape index (κ1) is 13.1. The molecule has 0 saturated heterocycles. The summed E-state index contributed by atoms with van der Waals surface area (Å²) < 4.78 is 62.0. The van der Waals surface area contributed by atoms with Gasteiger partial charge in [-0.1, -0.05) is 6.07 Å². The van der Waals surface area contributed by atoms with Gasteiger partial charge in [-0.3, -0.25) is 0 Å². The third kappa shape index (κ3) is 1.93. The number of sulfone groups is 1. The minimum atomic E-state index is -4.61. The fourth-order valence-corrected chi connectivity index (χ4v) is 3.50. The number of rotatable bonds is 2. The second-order valence-electron chi connectivity index (χ2n) is 3.80. The van der Waals surface area contributed by atoms with Gasteiger partial charge in [-0.15, -0.1) is 0 Å². The lowest BCUT2D eigenvalue weighted by Gasteiger charge is -2.10. The van der Waals surface area contributed by atoms with Crippen molar-refractivity contribution in [2.45, 2.75) is 17.5 Å². The Morgan fingerprint density at radius 1 is 1.22 bits per heavy atom. The summed E-state index contributed by atoms with van der Waals surface area (Å²) in [7, 11) is -3.89. The first-order chi connectivity index (χ1) is 8.28. The molecule has 1 N–H and O–H groups in total. The average molecular weight is 278 g/mol. The Hall–Kier alpha value is -1.34. The molecule has 1 heterocycles. The smallest absolute Gasteiger partial charge is 0.396 e. The number of fused-ring (bicyclic) bond motifs is 1. The average Bonchev–Trinajstić information content (AvgIpc) is 2.50. The first-order valence-corrected chi connectivity index (χ1v) is 6.53. The van der Waals surface area contributed by atoms with Gasteiger partial charge < -0.3 is 5.11 Å². The van der Waals surface area contributed by atoms with E-state index in [4.69, 9.17) is 5.11 Å². The predicted octanol–water partition coefficient (Wildman–Crippen LogP) is 2.22. The quantitative estimate of drug-likeness (QED) is 0.902. The molecule has 1 aromatic rings. The van der Waals surface area contributed by atoms with Crippen molar-refractivity contribution in [2.24, 2.45) is 0 Å². The van der Waals surface area contributed by atoms with Crippen LogP contribution < -0.4 is 0 Å². The van der Waals surface area contributed by atoms with Crippen molar-refractivity contribution in [1.82, 2.24) is 0 Å². The van der Waals surface area contributed by atoms with Crippen LogP contribution in [0.25, 0.3) is 6.08 Å². The second-order valence-corrected chi connectivity index (χ2v) is 5.77. The molecule has 0 saturated carbocycles. The Labute approximate surface area is 101 Å². The summed E-state index contributed by atoms with van der Waals surface area (Å²) in [6.45, 7) is -0.430. The summed E-state index contributed by atoms with van der Waals surface area (Å²) >= 11 is 0. The van der Waals surface area contributed by atoms with Crippen LogP contribution in [0.4, 0.5) is 13.2 Å². The third-order valence-electron chi connectivity index (χ3n) is 2.67. The van der Waals surface area contributed by atoms with E-state index in [0.717, 1.165) is 24.3 Å². The van der Waals surface area contributed by atoms with Crippen molar-refractivity contribution >= 4 is 15.9 Å². The van der Waals surface area contributed by atoms with Crippen molar-refractivity contribution < 1.29 is 26.7 Å². The maximum absolute atomic E-state index is 12.7. The monoisotopic (exact) mass is 278 g/mol. The highest BCUT2D eigenvalue weighted by molar-refractivity contribution is 7.95. The SMILES string of the molecule is O=S1(=O)C(CCO)=Cc2c(C(F)(F)F)cccc21. The minimum absolute atomic E-state index is 0.184. The van der Waals surface area contributed by atoms with Gasteiger partial charge in [0.2, 0.25) is 9.84 Å². The highest BCUT2D eigenvalue weighted by Crippen LogP contribution is 2.41. The van der Waals surface area contributed by atoms with E-state index < -0.39 is 28.2 Å². The van der Waals surface area contributed by atoms with Gasteiger partial charge >= 0.3 is 6.18 Å². The molecule has 2 rings (SSSR count). The van der Waals surface area contributed by atoms with Gasteiger partial charge in [0.1, 0.15) is 0 Å². The highest BCUT2D eigenvalue weighted by atomic mass is 32.2. The molecule has 0 fully saturated rings. The Kier molecular flexibility index (Phi) is 2.98. The maximum atomic E-state index is 12.7. The fraction of sp³-hybridized carbons (Fsp3) is 0.273. The Morgan fingerprint density at radius 2 is 1.89 bits per heavy atom. The van der Waals surface area contributed by atoms with Crippen LogP contribution in [-0.2, 0) is 16.0 Å². The molecule has 0 spiro atoms. The molecule has 0 aromatic heterocycles. The summed E-state index contributed by atoms with van der Waals surface area (Å²) in [4.78, 5) is -0.530. The van der Waals surface area contributed by atoms with Crippen LogP contribution >= 0.6 is 0 Å². The van der Waals surface area contributed by atoms with Gasteiger partial charge in [0.05, 0.1) is 15.4 Å². The molecular formula is C11H9F3O3S. The molecule has 7 heteroatoms. The van der Waals surface area contributed by atoms with E-state index in [0.29, 0.717) is 0 Å². The zero-order valence-electron chi connectivity index (χ0n) is 9.03. The molecule has 18 heavy (non-hydrogen) atoms. The molecule has 0 radical (unpaired) electrons. The Balaban J connectivity index is 2.68. The van der Waals surface area contributed by atoms with Gasteiger partial charge in [0, 0.05) is 18.6 Å². The number of hydrogen-bond acceptors (Lipinski definition) is 3. The van der Waals surface area contributed by atoms with Crippen molar-refractivity contribution in [3.05, 3.63) is 34.2 Å². The summed E-state index contributed by atoms with van der Waals surface area (Å²) in [6.07, 6.45) is -3.80. The van der Waals surface area contributed by atoms with Gasteiger partial charge in [0.15, 0.2) is 0 Å². The highest BCUT2D eigenvalue weighted by Gasteiger charge is 2.39. The summed E-state index contributed by atoms with van der Waals surface area (Å²) in [5, 5.41) is 8.74. The number of aliphatic hydroxyl groups is 1. The van der Waals surface area contributed by atoms with Gasteiger partial charge in [-0.05, 0) is 18.2 Å². The van der Waals surface area contributed by atoms with Crippen LogP contribution in [0.3, 0.4) is 0 Å². The molecule has 1 aliphatic heterocycles. The molecule has 98 valence electrons. The lowest BCUT2D eigenvalue weighted by Crippen LogP contribution is -2.08. The zero-order valence-corrected chi connectivity index (χ0v) is 9.85. The predicted molar refractivity (Wildman–Crippen MR) is 58.3 cm³/mol. The molecule has 0 bridgehead atoms. The molecule has 0 amide bonds. The fourth-order valence-electron chi connectivity index (χ4n) is 1.87. The number of alkyl halides is 3. The molecule has 0 aliphatic carbocycles. The van der Waals surface area contributed by atoms with E-state index in [1.165, 1.54) is 0 Å². The third-order valence-corrected chi connectivity index (χ3v) is 4.62. The number of halogens is 3. The van der Waals surface area contributed by atoms with E-state index in [2.05, 4.69) is 0 Å². The van der Waals surface area contributed by atoms with Crippen LogP contribution in [-0.4, -0.2) is 20.1 Å². The van der Waals surface area contributed by atoms with E-state index in [-0.39, 0.29) is 21.8 Å². The van der Waals surface area contributed by atoms with Crippen molar-refractivity contribution in [3.63, 3.8) is 0 Å². The minimum Gasteiger partial charge on any atom is -0.396 e. The summed E-state index contributed by atoms with van der Waals surface area (Å²) in [5.41, 5.74) is -1.31. The van der Waals surface area contributed by atoms with Crippen LogP contribution in [0.15, 0.2) is 28.0 Å². The lowest BCUT2D eigenvalue weighted by atomic mass is 10.1. The molecule has 1 aliphatic rings. The van der Waals surface area contributed by atoms with Crippen LogP contribution in [0.5, 0.6) is 0 Å². The normalized spacial score (nSPS) is 17.4. The largest absolute Gasteiger partial charge is 0.417 e. The zero-order chi connectivity index (χ0) is 13.6. The topological polar surface area (TPSA) is 54.4 Å².